The highest BCUT2D eigenvalue weighted by Crippen LogP contribution is 2.26. The number of rotatable bonds is 4. The Balaban J connectivity index is 2.18. The number of aryl methyl sites for hydroxylation is 2. The summed E-state index contributed by atoms with van der Waals surface area (Å²) in [6.07, 6.45) is 0. The van der Waals surface area contributed by atoms with Crippen molar-refractivity contribution in [3.05, 3.63) is 64.5 Å². The largest absolute Gasteiger partial charge is 0.489 e. The summed E-state index contributed by atoms with van der Waals surface area (Å²) in [5, 5.41) is 0. The molecule has 2 N–H and O–H groups in total. The van der Waals surface area contributed by atoms with Crippen molar-refractivity contribution in [1.29, 1.82) is 0 Å². The van der Waals surface area contributed by atoms with Crippen molar-refractivity contribution in [2.24, 2.45) is 5.73 Å². The first-order valence-electron chi connectivity index (χ1n) is 6.71. The summed E-state index contributed by atoms with van der Waals surface area (Å²) in [7, 11) is 0. The fourth-order valence-electron chi connectivity index (χ4n) is 2.13. The van der Waals surface area contributed by atoms with Gasteiger partial charge in [0.1, 0.15) is 18.2 Å². The first-order valence-corrected chi connectivity index (χ1v) is 6.71. The van der Waals surface area contributed by atoms with Gasteiger partial charge in [0.2, 0.25) is 0 Å². The van der Waals surface area contributed by atoms with Crippen molar-refractivity contribution in [3.8, 4) is 5.75 Å². The van der Waals surface area contributed by atoms with E-state index in [-0.39, 0.29) is 11.9 Å². The van der Waals surface area contributed by atoms with Crippen LogP contribution in [0.5, 0.6) is 5.75 Å². The van der Waals surface area contributed by atoms with E-state index in [4.69, 9.17) is 10.5 Å². The van der Waals surface area contributed by atoms with Crippen molar-refractivity contribution in [2.45, 2.75) is 33.4 Å². The molecule has 1 atom stereocenters. The Morgan fingerprint density at radius 2 is 1.90 bits per heavy atom. The van der Waals surface area contributed by atoms with E-state index in [1.807, 2.05) is 39.0 Å². The Kier molecular flexibility index (Phi) is 4.40. The monoisotopic (exact) mass is 273 g/mol. The molecule has 2 nitrogen and oxygen atoms in total. The summed E-state index contributed by atoms with van der Waals surface area (Å²) in [5.41, 5.74) is 9.98. The van der Waals surface area contributed by atoms with E-state index in [2.05, 4.69) is 0 Å². The molecular formula is C17H20FNO. The molecular weight excluding hydrogens is 253 g/mol. The van der Waals surface area contributed by atoms with Gasteiger partial charge in [0.15, 0.2) is 0 Å². The minimum absolute atomic E-state index is 0.0841. The lowest BCUT2D eigenvalue weighted by molar-refractivity contribution is 0.300. The maximum atomic E-state index is 13.1. The van der Waals surface area contributed by atoms with Crippen LogP contribution in [0, 0.1) is 19.7 Å². The first kappa shape index (κ1) is 14.5. The van der Waals surface area contributed by atoms with Crippen LogP contribution < -0.4 is 10.5 Å². The lowest BCUT2D eigenvalue weighted by Gasteiger charge is -2.15. The predicted octanol–water partition coefficient (Wildman–Crippen LogP) is 4.04. The third kappa shape index (κ3) is 3.36. The van der Waals surface area contributed by atoms with Crippen LogP contribution in [0.3, 0.4) is 0 Å². The second-order valence-electron chi connectivity index (χ2n) is 5.19. The van der Waals surface area contributed by atoms with Crippen LogP contribution in [0.15, 0.2) is 36.4 Å². The molecule has 0 aliphatic rings. The minimum atomic E-state index is -0.224. The van der Waals surface area contributed by atoms with E-state index < -0.39 is 0 Å². The van der Waals surface area contributed by atoms with E-state index in [1.54, 1.807) is 6.07 Å². The number of benzene rings is 2. The molecule has 3 heteroatoms. The summed E-state index contributed by atoms with van der Waals surface area (Å²) in [4.78, 5) is 0. The van der Waals surface area contributed by atoms with E-state index >= 15 is 0 Å². The van der Waals surface area contributed by atoms with Crippen molar-refractivity contribution >= 4 is 0 Å². The average molecular weight is 273 g/mol. The van der Waals surface area contributed by atoms with Crippen molar-refractivity contribution in [3.63, 3.8) is 0 Å². The van der Waals surface area contributed by atoms with Gasteiger partial charge < -0.3 is 10.5 Å². The molecule has 2 rings (SSSR count). The Labute approximate surface area is 119 Å². The van der Waals surface area contributed by atoms with Gasteiger partial charge in [0.25, 0.3) is 0 Å². The molecule has 2 aromatic carbocycles. The van der Waals surface area contributed by atoms with Gasteiger partial charge in [-0.3, -0.25) is 0 Å². The topological polar surface area (TPSA) is 35.2 Å². The molecule has 0 aliphatic carbocycles. The molecule has 0 aromatic heterocycles. The molecule has 0 unspecified atom stereocenters. The molecule has 20 heavy (non-hydrogen) atoms. The van der Waals surface area contributed by atoms with E-state index in [0.717, 1.165) is 28.0 Å². The number of halogens is 1. The fourth-order valence-corrected chi connectivity index (χ4v) is 2.13. The van der Waals surface area contributed by atoms with E-state index in [9.17, 15) is 4.39 Å². The SMILES string of the molecule is Cc1ccc(OCc2ccc(F)cc2C)c([C@H](C)N)c1. The standard InChI is InChI=1S/C17H20FNO/c1-11-4-7-17(16(8-11)13(3)19)20-10-14-5-6-15(18)9-12(14)2/h4-9,13H,10,19H2,1-3H3/t13-/m0/s1. The van der Waals surface area contributed by atoms with Gasteiger partial charge in [0.05, 0.1) is 0 Å². The van der Waals surface area contributed by atoms with Crippen molar-refractivity contribution in [1.82, 2.24) is 0 Å². The molecule has 0 saturated carbocycles. The predicted molar refractivity (Wildman–Crippen MR) is 79.3 cm³/mol. The van der Waals surface area contributed by atoms with Crippen LogP contribution >= 0.6 is 0 Å². The Morgan fingerprint density at radius 1 is 1.15 bits per heavy atom. The van der Waals surface area contributed by atoms with Gasteiger partial charge in [-0.15, -0.1) is 0 Å². The highest BCUT2D eigenvalue weighted by Gasteiger charge is 2.09. The molecule has 0 spiro atoms. The zero-order valence-corrected chi connectivity index (χ0v) is 12.1. The van der Waals surface area contributed by atoms with Gasteiger partial charge in [-0.25, -0.2) is 4.39 Å². The Hall–Kier alpha value is -1.87. The van der Waals surface area contributed by atoms with Crippen LogP contribution in [0.4, 0.5) is 4.39 Å². The molecule has 0 bridgehead atoms. The lowest BCUT2D eigenvalue weighted by atomic mass is 10.0. The Morgan fingerprint density at radius 3 is 2.55 bits per heavy atom. The quantitative estimate of drug-likeness (QED) is 0.912. The zero-order chi connectivity index (χ0) is 14.7. The van der Waals surface area contributed by atoms with Gasteiger partial charge in [0, 0.05) is 11.6 Å². The third-order valence-electron chi connectivity index (χ3n) is 3.34. The zero-order valence-electron chi connectivity index (χ0n) is 12.1. The molecule has 0 fully saturated rings. The smallest absolute Gasteiger partial charge is 0.124 e. The number of hydrogen-bond acceptors (Lipinski definition) is 2. The average Bonchev–Trinajstić information content (AvgIpc) is 2.38. The van der Waals surface area contributed by atoms with Crippen molar-refractivity contribution in [2.75, 3.05) is 0 Å². The molecule has 0 heterocycles. The second kappa shape index (κ2) is 6.06. The van der Waals surface area contributed by atoms with E-state index in [0.29, 0.717) is 6.61 Å². The van der Waals surface area contributed by atoms with Gasteiger partial charge >= 0.3 is 0 Å². The summed E-state index contributed by atoms with van der Waals surface area (Å²) >= 11 is 0. The first-order chi connectivity index (χ1) is 9.47. The molecule has 0 radical (unpaired) electrons. The summed E-state index contributed by atoms with van der Waals surface area (Å²) < 4.78 is 18.9. The highest BCUT2D eigenvalue weighted by atomic mass is 19.1. The normalized spacial score (nSPS) is 12.2. The highest BCUT2D eigenvalue weighted by molar-refractivity contribution is 5.39. The molecule has 106 valence electrons. The minimum Gasteiger partial charge on any atom is -0.489 e. The van der Waals surface area contributed by atoms with Crippen LogP contribution in [0.1, 0.15) is 35.2 Å². The molecule has 0 aliphatic heterocycles. The maximum absolute atomic E-state index is 13.1. The summed E-state index contributed by atoms with van der Waals surface area (Å²) in [5.74, 6) is 0.562. The molecule has 0 saturated heterocycles. The third-order valence-corrected chi connectivity index (χ3v) is 3.34. The summed E-state index contributed by atoms with van der Waals surface area (Å²) in [6.45, 7) is 6.25. The van der Waals surface area contributed by atoms with Crippen molar-refractivity contribution < 1.29 is 9.13 Å². The Bertz CT molecular complexity index is 608. The van der Waals surface area contributed by atoms with Gasteiger partial charge in [-0.1, -0.05) is 23.8 Å². The second-order valence-corrected chi connectivity index (χ2v) is 5.19. The fraction of sp³-hybridized carbons (Fsp3) is 0.294. The summed E-state index contributed by atoms with van der Waals surface area (Å²) in [6, 6.07) is 10.6. The lowest BCUT2D eigenvalue weighted by Crippen LogP contribution is -2.08. The van der Waals surface area contributed by atoms with E-state index in [1.165, 1.54) is 12.1 Å². The van der Waals surface area contributed by atoms with Crippen LogP contribution in [-0.4, -0.2) is 0 Å². The van der Waals surface area contributed by atoms with Gasteiger partial charge in [-0.2, -0.15) is 0 Å². The van der Waals surface area contributed by atoms with Crippen LogP contribution in [-0.2, 0) is 6.61 Å². The number of ether oxygens (including phenoxy) is 1. The molecule has 0 amide bonds. The maximum Gasteiger partial charge on any atom is 0.124 e. The van der Waals surface area contributed by atoms with Crippen LogP contribution in [0.25, 0.3) is 0 Å². The van der Waals surface area contributed by atoms with Gasteiger partial charge in [-0.05, 0) is 50.1 Å². The van der Waals surface area contributed by atoms with Crippen LogP contribution in [0.2, 0.25) is 0 Å². The number of nitrogens with two attached hydrogens (primary N) is 1. The number of hydrogen-bond donors (Lipinski definition) is 1. The molecule has 2 aromatic rings.